The molecule has 4 rings (SSSR count). The van der Waals surface area contributed by atoms with Crippen LogP contribution in [0.4, 0.5) is 0 Å². The molecule has 0 radical (unpaired) electrons. The first-order chi connectivity index (χ1) is 14.3. The average molecular weight is 468 g/mol. The fraction of sp³-hybridized carbons (Fsp3) is 0.316. The third-order valence-electron chi connectivity index (χ3n) is 5.12. The molecule has 0 atom stereocenters. The first-order valence-corrected chi connectivity index (χ1v) is 11.6. The maximum Gasteiger partial charge on any atom is 0.254 e. The largest absolute Gasteiger partial charge is 0.336 e. The van der Waals surface area contributed by atoms with Gasteiger partial charge in [0.2, 0.25) is 10.0 Å². The molecule has 2 heterocycles. The van der Waals surface area contributed by atoms with Gasteiger partial charge in [0.25, 0.3) is 5.91 Å². The zero-order valence-electron chi connectivity index (χ0n) is 16.1. The number of hydrogen-bond donors (Lipinski definition) is 0. The summed E-state index contributed by atoms with van der Waals surface area (Å²) < 4.78 is 29.0. The molecule has 1 amide bonds. The van der Waals surface area contributed by atoms with Crippen LogP contribution in [0, 0.1) is 0 Å². The van der Waals surface area contributed by atoms with Crippen LogP contribution in [0.15, 0.2) is 41.3 Å². The minimum absolute atomic E-state index is 0.00565. The summed E-state index contributed by atoms with van der Waals surface area (Å²) in [4.78, 5) is 14.5. The van der Waals surface area contributed by atoms with Crippen molar-refractivity contribution in [2.75, 3.05) is 26.2 Å². The van der Waals surface area contributed by atoms with Gasteiger partial charge in [0, 0.05) is 38.3 Å². The van der Waals surface area contributed by atoms with E-state index >= 15 is 0 Å². The van der Waals surface area contributed by atoms with Crippen molar-refractivity contribution in [2.24, 2.45) is 0 Å². The second kappa shape index (κ2) is 8.14. The predicted molar refractivity (Wildman–Crippen MR) is 114 cm³/mol. The average Bonchev–Trinajstić information content (AvgIpc) is 3.17. The molecular weight excluding hydrogens is 449 g/mol. The van der Waals surface area contributed by atoms with E-state index in [2.05, 4.69) is 10.3 Å². The van der Waals surface area contributed by atoms with Gasteiger partial charge >= 0.3 is 0 Å². The van der Waals surface area contributed by atoms with Crippen LogP contribution in [-0.2, 0) is 16.6 Å². The van der Waals surface area contributed by atoms with Crippen LogP contribution in [0.1, 0.15) is 17.3 Å². The quantitative estimate of drug-likeness (QED) is 0.588. The third-order valence-corrected chi connectivity index (χ3v) is 7.99. The van der Waals surface area contributed by atoms with Crippen LogP contribution < -0.4 is 0 Å². The molecule has 0 unspecified atom stereocenters. The second-order valence-corrected chi connectivity index (χ2v) is 9.55. The maximum atomic E-state index is 12.9. The number of hydrogen-bond acceptors (Lipinski definition) is 5. The van der Waals surface area contributed by atoms with E-state index in [0.29, 0.717) is 17.6 Å². The van der Waals surface area contributed by atoms with Gasteiger partial charge in [0.15, 0.2) is 0 Å². The minimum Gasteiger partial charge on any atom is -0.336 e. The van der Waals surface area contributed by atoms with Crippen molar-refractivity contribution in [3.8, 4) is 0 Å². The van der Waals surface area contributed by atoms with Crippen molar-refractivity contribution in [1.82, 2.24) is 24.2 Å². The molecule has 30 heavy (non-hydrogen) atoms. The summed E-state index contributed by atoms with van der Waals surface area (Å²) in [5.41, 5.74) is 2.02. The van der Waals surface area contributed by atoms with Gasteiger partial charge in [-0.2, -0.15) is 4.31 Å². The molecule has 158 valence electrons. The lowest BCUT2D eigenvalue weighted by atomic mass is 10.1. The Labute approximate surface area is 184 Å². The first-order valence-electron chi connectivity index (χ1n) is 9.39. The highest BCUT2D eigenvalue weighted by atomic mass is 35.5. The third kappa shape index (κ3) is 3.66. The number of sulfonamides is 1. The molecule has 0 N–H and O–H groups in total. The summed E-state index contributed by atoms with van der Waals surface area (Å²) in [5.74, 6) is -0.166. The van der Waals surface area contributed by atoms with Gasteiger partial charge in [0.05, 0.1) is 15.6 Å². The highest BCUT2D eigenvalue weighted by Gasteiger charge is 2.32. The van der Waals surface area contributed by atoms with Crippen molar-refractivity contribution in [1.29, 1.82) is 0 Å². The summed E-state index contributed by atoms with van der Waals surface area (Å²) in [6.45, 7) is 3.55. The summed E-state index contributed by atoms with van der Waals surface area (Å²) in [7, 11) is -3.80. The van der Waals surface area contributed by atoms with E-state index < -0.39 is 10.0 Å². The van der Waals surface area contributed by atoms with E-state index in [1.807, 2.05) is 13.0 Å². The lowest BCUT2D eigenvalue weighted by Crippen LogP contribution is -2.50. The van der Waals surface area contributed by atoms with Crippen LogP contribution in [0.5, 0.6) is 0 Å². The molecule has 1 fully saturated rings. The van der Waals surface area contributed by atoms with Gasteiger partial charge < -0.3 is 4.90 Å². The Hall–Kier alpha value is -2.20. The van der Waals surface area contributed by atoms with E-state index in [1.54, 1.807) is 27.8 Å². The molecule has 1 aliphatic rings. The lowest BCUT2D eigenvalue weighted by molar-refractivity contribution is 0.0698. The molecule has 11 heteroatoms. The molecule has 1 aliphatic heterocycles. The fourth-order valence-corrected chi connectivity index (χ4v) is 5.63. The Morgan fingerprint density at radius 3 is 2.53 bits per heavy atom. The molecule has 0 spiro atoms. The fourth-order valence-electron chi connectivity index (χ4n) is 3.48. The number of benzene rings is 2. The van der Waals surface area contributed by atoms with E-state index in [4.69, 9.17) is 23.2 Å². The summed E-state index contributed by atoms with van der Waals surface area (Å²) in [6, 6.07) is 9.80. The number of aryl methyl sites for hydroxylation is 1. The number of fused-ring (bicyclic) bond motifs is 1. The van der Waals surface area contributed by atoms with Crippen molar-refractivity contribution in [3.63, 3.8) is 0 Å². The molecular formula is C19H19Cl2N5O3S. The van der Waals surface area contributed by atoms with Crippen molar-refractivity contribution in [2.45, 2.75) is 18.4 Å². The van der Waals surface area contributed by atoms with Gasteiger partial charge in [-0.1, -0.05) is 34.5 Å². The Balaban J connectivity index is 1.49. The van der Waals surface area contributed by atoms with Crippen LogP contribution in [0.25, 0.3) is 11.0 Å². The van der Waals surface area contributed by atoms with Gasteiger partial charge in [-0.05, 0) is 37.3 Å². The van der Waals surface area contributed by atoms with Crippen molar-refractivity contribution < 1.29 is 13.2 Å². The topological polar surface area (TPSA) is 88.4 Å². The first kappa shape index (κ1) is 21.0. The van der Waals surface area contributed by atoms with Crippen molar-refractivity contribution in [3.05, 3.63) is 52.0 Å². The predicted octanol–water partition coefficient (Wildman–Crippen LogP) is 2.90. The SMILES string of the molecule is CCn1nnc2cc(C(=O)N3CCN(S(=O)(=O)c4cccc(Cl)c4Cl)CC3)ccc21. The summed E-state index contributed by atoms with van der Waals surface area (Å²) in [5, 5.41) is 8.34. The Bertz CT molecular complexity index is 1220. The van der Waals surface area contributed by atoms with Crippen LogP contribution >= 0.6 is 23.2 Å². The molecule has 2 aromatic carbocycles. The number of carbonyl (C=O) groups is 1. The molecule has 1 saturated heterocycles. The number of carbonyl (C=O) groups excluding carboxylic acids is 1. The Kier molecular flexibility index (Phi) is 5.71. The lowest BCUT2D eigenvalue weighted by Gasteiger charge is -2.34. The van der Waals surface area contributed by atoms with Gasteiger partial charge in [-0.25, -0.2) is 13.1 Å². The molecule has 0 saturated carbocycles. The molecule has 3 aromatic rings. The molecule has 0 bridgehead atoms. The zero-order valence-corrected chi connectivity index (χ0v) is 18.5. The van der Waals surface area contributed by atoms with Gasteiger partial charge in [0.1, 0.15) is 10.4 Å². The summed E-state index contributed by atoms with van der Waals surface area (Å²) in [6.07, 6.45) is 0. The maximum absolute atomic E-state index is 12.9. The molecule has 8 nitrogen and oxygen atoms in total. The van der Waals surface area contributed by atoms with Crippen LogP contribution in [0.3, 0.4) is 0 Å². The minimum atomic E-state index is -3.80. The Morgan fingerprint density at radius 2 is 1.83 bits per heavy atom. The van der Waals surface area contributed by atoms with Gasteiger partial charge in [-0.15, -0.1) is 5.10 Å². The van der Waals surface area contributed by atoms with Crippen LogP contribution in [-0.4, -0.2) is 64.7 Å². The zero-order chi connectivity index (χ0) is 21.5. The van der Waals surface area contributed by atoms with E-state index in [1.165, 1.54) is 16.4 Å². The number of amides is 1. The smallest absolute Gasteiger partial charge is 0.254 e. The normalized spacial score (nSPS) is 15.6. The van der Waals surface area contributed by atoms with E-state index in [9.17, 15) is 13.2 Å². The van der Waals surface area contributed by atoms with Crippen LogP contribution in [0.2, 0.25) is 10.0 Å². The van der Waals surface area contributed by atoms with E-state index in [0.717, 1.165) is 5.52 Å². The van der Waals surface area contributed by atoms with E-state index in [-0.39, 0.29) is 47.0 Å². The van der Waals surface area contributed by atoms with Gasteiger partial charge in [-0.3, -0.25) is 4.79 Å². The Morgan fingerprint density at radius 1 is 1.10 bits per heavy atom. The number of aromatic nitrogens is 3. The highest BCUT2D eigenvalue weighted by molar-refractivity contribution is 7.89. The second-order valence-electron chi connectivity index (χ2n) is 6.86. The monoisotopic (exact) mass is 467 g/mol. The standard InChI is InChI=1S/C19H19Cl2N5O3S/c1-2-26-16-7-6-13(12-15(16)22-23-26)19(27)24-8-10-25(11-9-24)30(28,29)17-5-3-4-14(20)18(17)21/h3-7,12H,2,8-11H2,1H3. The van der Waals surface area contributed by atoms with Crippen molar-refractivity contribution >= 4 is 50.2 Å². The number of halogens is 2. The molecule has 1 aromatic heterocycles. The number of rotatable bonds is 4. The summed E-state index contributed by atoms with van der Waals surface area (Å²) >= 11 is 12.1. The number of nitrogens with zero attached hydrogens (tertiary/aromatic N) is 5. The molecule has 0 aliphatic carbocycles. The highest BCUT2D eigenvalue weighted by Crippen LogP contribution is 2.31. The number of piperazine rings is 1.